The molecule has 0 bridgehead atoms. The van der Waals surface area contributed by atoms with Gasteiger partial charge in [-0.15, -0.1) is 11.3 Å². The van der Waals surface area contributed by atoms with Crippen LogP contribution in [-0.2, 0) is 6.54 Å². The summed E-state index contributed by atoms with van der Waals surface area (Å²) in [5.41, 5.74) is 0.721. The van der Waals surface area contributed by atoms with Gasteiger partial charge in [-0.1, -0.05) is 5.16 Å². The number of thiophene rings is 1. The summed E-state index contributed by atoms with van der Waals surface area (Å²) < 4.78 is 5.71. The van der Waals surface area contributed by atoms with Crippen molar-refractivity contribution < 1.29 is 9.32 Å². The van der Waals surface area contributed by atoms with Crippen LogP contribution in [0.5, 0.6) is 0 Å². The lowest BCUT2D eigenvalue weighted by Gasteiger charge is -2.00. The van der Waals surface area contributed by atoms with Crippen molar-refractivity contribution in [1.29, 1.82) is 0 Å². The van der Waals surface area contributed by atoms with Gasteiger partial charge in [-0.3, -0.25) is 4.79 Å². The summed E-state index contributed by atoms with van der Waals surface area (Å²) in [5, 5.41) is 8.43. The summed E-state index contributed by atoms with van der Waals surface area (Å²) >= 11 is 4.71. The molecule has 0 saturated carbocycles. The second kappa shape index (κ2) is 4.80. The molecule has 84 valence electrons. The summed E-state index contributed by atoms with van der Waals surface area (Å²) in [6.07, 6.45) is 0. The number of halogens is 1. The maximum absolute atomic E-state index is 11.7. The van der Waals surface area contributed by atoms with Crippen LogP contribution in [0.2, 0.25) is 0 Å². The fourth-order valence-electron chi connectivity index (χ4n) is 1.21. The lowest BCUT2D eigenvalue weighted by molar-refractivity contribution is 0.0953. The van der Waals surface area contributed by atoms with Gasteiger partial charge in [0.25, 0.3) is 5.91 Å². The van der Waals surface area contributed by atoms with E-state index in [0.717, 1.165) is 15.9 Å². The van der Waals surface area contributed by atoms with Crippen LogP contribution in [0.15, 0.2) is 26.5 Å². The van der Waals surface area contributed by atoms with Crippen molar-refractivity contribution in [3.05, 3.63) is 38.3 Å². The average Bonchev–Trinajstić information content (AvgIpc) is 2.84. The van der Waals surface area contributed by atoms with Gasteiger partial charge < -0.3 is 9.84 Å². The standard InChI is InChI=1S/C10H9BrN2O2S/c1-6-4-7(13-15-6)5-12-10(14)9-8(11)2-3-16-9/h2-4H,5H2,1H3,(H,12,14). The second-order valence-electron chi connectivity index (χ2n) is 3.21. The minimum atomic E-state index is -0.109. The van der Waals surface area contributed by atoms with E-state index < -0.39 is 0 Å². The summed E-state index contributed by atoms with van der Waals surface area (Å²) in [6, 6.07) is 3.64. The first-order valence-corrected chi connectivity index (χ1v) is 6.27. The molecule has 0 aliphatic heterocycles. The molecule has 0 aliphatic carbocycles. The maximum atomic E-state index is 11.7. The number of hydrogen-bond donors (Lipinski definition) is 1. The Morgan fingerprint density at radius 3 is 3.06 bits per heavy atom. The number of nitrogens with zero attached hydrogens (tertiary/aromatic N) is 1. The van der Waals surface area contributed by atoms with Gasteiger partial charge in [0.15, 0.2) is 0 Å². The Hall–Kier alpha value is -1.14. The Morgan fingerprint density at radius 1 is 1.69 bits per heavy atom. The normalized spacial score (nSPS) is 10.4. The number of aromatic nitrogens is 1. The zero-order valence-electron chi connectivity index (χ0n) is 8.49. The number of rotatable bonds is 3. The molecule has 4 nitrogen and oxygen atoms in total. The maximum Gasteiger partial charge on any atom is 0.262 e. The van der Waals surface area contributed by atoms with Gasteiger partial charge in [-0.25, -0.2) is 0 Å². The molecule has 0 spiro atoms. The zero-order valence-corrected chi connectivity index (χ0v) is 10.9. The number of hydrogen-bond acceptors (Lipinski definition) is 4. The molecule has 6 heteroatoms. The van der Waals surface area contributed by atoms with Crippen LogP contribution in [0.1, 0.15) is 21.1 Å². The largest absolute Gasteiger partial charge is 0.361 e. The fraction of sp³-hybridized carbons (Fsp3) is 0.200. The SMILES string of the molecule is Cc1cc(CNC(=O)c2sccc2Br)no1. The number of amides is 1. The van der Waals surface area contributed by atoms with Crippen molar-refractivity contribution in [2.75, 3.05) is 0 Å². The number of carbonyl (C=O) groups is 1. The molecule has 1 N–H and O–H groups in total. The van der Waals surface area contributed by atoms with Crippen molar-refractivity contribution in [2.45, 2.75) is 13.5 Å². The molecule has 2 rings (SSSR count). The predicted molar refractivity (Wildman–Crippen MR) is 64.4 cm³/mol. The lowest BCUT2D eigenvalue weighted by atomic mass is 10.3. The minimum Gasteiger partial charge on any atom is -0.361 e. The van der Waals surface area contributed by atoms with Gasteiger partial charge in [0.1, 0.15) is 16.3 Å². The van der Waals surface area contributed by atoms with Gasteiger partial charge in [-0.05, 0) is 34.3 Å². The van der Waals surface area contributed by atoms with E-state index in [9.17, 15) is 4.79 Å². The highest BCUT2D eigenvalue weighted by Crippen LogP contribution is 2.22. The van der Waals surface area contributed by atoms with Crippen molar-refractivity contribution in [1.82, 2.24) is 10.5 Å². The highest BCUT2D eigenvalue weighted by atomic mass is 79.9. The predicted octanol–water partition coefficient (Wildman–Crippen LogP) is 2.74. The van der Waals surface area contributed by atoms with Crippen LogP contribution < -0.4 is 5.32 Å². The number of nitrogens with one attached hydrogen (secondary N) is 1. The molecule has 0 fully saturated rings. The van der Waals surface area contributed by atoms with Crippen LogP contribution in [0.3, 0.4) is 0 Å². The van der Waals surface area contributed by atoms with E-state index in [1.54, 1.807) is 6.07 Å². The van der Waals surface area contributed by atoms with Crippen LogP contribution in [-0.4, -0.2) is 11.1 Å². The van der Waals surface area contributed by atoms with Crippen molar-refractivity contribution in [3.8, 4) is 0 Å². The van der Waals surface area contributed by atoms with Gasteiger partial charge in [0.2, 0.25) is 0 Å². The van der Waals surface area contributed by atoms with E-state index in [2.05, 4.69) is 26.4 Å². The summed E-state index contributed by atoms with van der Waals surface area (Å²) in [5.74, 6) is 0.629. The van der Waals surface area contributed by atoms with Crippen molar-refractivity contribution >= 4 is 33.2 Å². The molecular weight excluding hydrogens is 292 g/mol. The van der Waals surface area contributed by atoms with Gasteiger partial charge >= 0.3 is 0 Å². The van der Waals surface area contributed by atoms with E-state index in [4.69, 9.17) is 4.52 Å². The van der Waals surface area contributed by atoms with E-state index in [1.807, 2.05) is 18.4 Å². The summed E-state index contributed by atoms with van der Waals surface area (Å²) in [4.78, 5) is 12.4. The topological polar surface area (TPSA) is 55.1 Å². The molecular formula is C10H9BrN2O2S. The van der Waals surface area contributed by atoms with Crippen LogP contribution in [0.25, 0.3) is 0 Å². The van der Waals surface area contributed by atoms with E-state index in [0.29, 0.717) is 11.4 Å². The molecule has 0 atom stereocenters. The molecule has 0 aromatic carbocycles. The first-order chi connectivity index (χ1) is 7.66. The van der Waals surface area contributed by atoms with Crippen LogP contribution in [0.4, 0.5) is 0 Å². The number of carbonyl (C=O) groups excluding carboxylic acids is 1. The molecule has 0 saturated heterocycles. The third kappa shape index (κ3) is 2.51. The summed E-state index contributed by atoms with van der Waals surface area (Å²) in [6.45, 7) is 2.19. The third-order valence-electron chi connectivity index (χ3n) is 1.93. The smallest absolute Gasteiger partial charge is 0.262 e. The molecule has 0 unspecified atom stereocenters. The van der Waals surface area contributed by atoms with Crippen LogP contribution >= 0.6 is 27.3 Å². The third-order valence-corrected chi connectivity index (χ3v) is 3.77. The van der Waals surface area contributed by atoms with E-state index >= 15 is 0 Å². The Labute approximate surface area is 105 Å². The first kappa shape index (κ1) is 11.3. The van der Waals surface area contributed by atoms with E-state index in [-0.39, 0.29) is 5.91 Å². The molecule has 16 heavy (non-hydrogen) atoms. The Balaban J connectivity index is 1.96. The molecule has 0 radical (unpaired) electrons. The Bertz CT molecular complexity index is 506. The van der Waals surface area contributed by atoms with Crippen molar-refractivity contribution in [2.24, 2.45) is 0 Å². The Morgan fingerprint density at radius 2 is 2.50 bits per heavy atom. The minimum absolute atomic E-state index is 0.109. The highest BCUT2D eigenvalue weighted by molar-refractivity contribution is 9.10. The zero-order chi connectivity index (χ0) is 11.5. The van der Waals surface area contributed by atoms with Gasteiger partial charge in [0.05, 0.1) is 6.54 Å². The van der Waals surface area contributed by atoms with E-state index in [1.165, 1.54) is 11.3 Å². The van der Waals surface area contributed by atoms with Crippen LogP contribution in [0, 0.1) is 6.92 Å². The lowest BCUT2D eigenvalue weighted by Crippen LogP contribution is -2.22. The monoisotopic (exact) mass is 300 g/mol. The van der Waals surface area contributed by atoms with Gasteiger partial charge in [-0.2, -0.15) is 0 Å². The Kier molecular flexibility index (Phi) is 3.40. The number of aryl methyl sites for hydroxylation is 1. The second-order valence-corrected chi connectivity index (χ2v) is 4.98. The van der Waals surface area contributed by atoms with Gasteiger partial charge in [0, 0.05) is 10.5 Å². The fourth-order valence-corrected chi connectivity index (χ4v) is 2.68. The quantitative estimate of drug-likeness (QED) is 0.948. The molecule has 2 aromatic rings. The molecule has 2 aromatic heterocycles. The molecule has 1 amide bonds. The average molecular weight is 301 g/mol. The van der Waals surface area contributed by atoms with Crippen molar-refractivity contribution in [3.63, 3.8) is 0 Å². The highest BCUT2D eigenvalue weighted by Gasteiger charge is 2.11. The molecule has 0 aliphatic rings. The first-order valence-electron chi connectivity index (χ1n) is 4.60. The summed E-state index contributed by atoms with van der Waals surface area (Å²) in [7, 11) is 0. The molecule has 2 heterocycles.